The van der Waals surface area contributed by atoms with Gasteiger partial charge in [-0.25, -0.2) is 0 Å². The number of benzene rings is 2. The molecule has 0 fully saturated rings. The highest BCUT2D eigenvalue weighted by Crippen LogP contribution is 2.28. The molecule has 1 N–H and O–H groups in total. The summed E-state index contributed by atoms with van der Waals surface area (Å²) in [6.45, 7) is 3.44. The number of amides is 1. The van der Waals surface area contributed by atoms with Gasteiger partial charge in [-0.05, 0) is 44.3 Å². The highest BCUT2D eigenvalue weighted by molar-refractivity contribution is 5.93. The van der Waals surface area contributed by atoms with Gasteiger partial charge in [0.2, 0.25) is 5.91 Å². The van der Waals surface area contributed by atoms with Crippen LogP contribution < -0.4 is 10.1 Å². The third-order valence-electron chi connectivity index (χ3n) is 3.44. The summed E-state index contributed by atoms with van der Waals surface area (Å²) in [5, 5.41) is 2.93. The molecular formula is C19H24N2O2. The maximum atomic E-state index is 12.2. The van der Waals surface area contributed by atoms with Crippen LogP contribution in [-0.2, 0) is 4.79 Å². The van der Waals surface area contributed by atoms with Crippen molar-refractivity contribution in [3.05, 3.63) is 54.6 Å². The number of nitrogens with one attached hydrogen (secondary N) is 1. The van der Waals surface area contributed by atoms with Gasteiger partial charge in [0, 0.05) is 0 Å². The van der Waals surface area contributed by atoms with Crippen molar-refractivity contribution in [2.24, 2.45) is 0 Å². The molecule has 0 radical (unpaired) electrons. The molecular weight excluding hydrogens is 288 g/mol. The molecule has 1 amide bonds. The molecule has 2 aromatic carbocycles. The summed E-state index contributed by atoms with van der Waals surface area (Å²) in [6, 6.07) is 17.0. The molecule has 0 saturated heterocycles. The molecule has 2 rings (SSSR count). The Hall–Kier alpha value is -2.33. The van der Waals surface area contributed by atoms with E-state index in [9.17, 15) is 4.79 Å². The van der Waals surface area contributed by atoms with Gasteiger partial charge in [-0.3, -0.25) is 9.69 Å². The van der Waals surface area contributed by atoms with E-state index in [-0.39, 0.29) is 5.91 Å². The molecule has 122 valence electrons. The number of carbonyl (C=O) groups excluding carboxylic acids is 1. The van der Waals surface area contributed by atoms with Gasteiger partial charge in [-0.2, -0.15) is 0 Å². The molecule has 0 aliphatic carbocycles. The molecule has 0 bridgehead atoms. The van der Waals surface area contributed by atoms with Crippen molar-refractivity contribution in [3.63, 3.8) is 0 Å². The van der Waals surface area contributed by atoms with Crippen molar-refractivity contribution in [1.29, 1.82) is 0 Å². The van der Waals surface area contributed by atoms with Gasteiger partial charge in [-0.15, -0.1) is 0 Å². The number of ether oxygens (including phenoxy) is 1. The summed E-state index contributed by atoms with van der Waals surface area (Å²) >= 11 is 0. The minimum atomic E-state index is -0.0345. The molecule has 0 spiro atoms. The summed E-state index contributed by atoms with van der Waals surface area (Å²) in [5.41, 5.74) is 0.685. The Balaban J connectivity index is 1.98. The van der Waals surface area contributed by atoms with Crippen molar-refractivity contribution in [3.8, 4) is 11.5 Å². The number of nitrogens with zero attached hydrogens (tertiary/aromatic N) is 1. The third kappa shape index (κ3) is 5.75. The second-order valence-electron chi connectivity index (χ2n) is 5.55. The maximum absolute atomic E-state index is 12.2. The van der Waals surface area contributed by atoms with Crippen LogP contribution in [0.25, 0.3) is 0 Å². The van der Waals surface area contributed by atoms with E-state index in [4.69, 9.17) is 4.74 Å². The van der Waals surface area contributed by atoms with Crippen LogP contribution in [0.3, 0.4) is 0 Å². The van der Waals surface area contributed by atoms with Crippen LogP contribution in [0.2, 0.25) is 0 Å². The molecule has 0 unspecified atom stereocenters. The van der Waals surface area contributed by atoms with E-state index in [0.717, 1.165) is 25.1 Å². The molecule has 4 heteroatoms. The van der Waals surface area contributed by atoms with Crippen LogP contribution in [0.4, 0.5) is 5.69 Å². The van der Waals surface area contributed by atoms with Gasteiger partial charge >= 0.3 is 0 Å². The van der Waals surface area contributed by atoms with E-state index >= 15 is 0 Å². The van der Waals surface area contributed by atoms with Crippen molar-refractivity contribution < 1.29 is 9.53 Å². The molecule has 0 aliphatic rings. The van der Waals surface area contributed by atoms with E-state index in [0.29, 0.717) is 18.0 Å². The second kappa shape index (κ2) is 8.96. The van der Waals surface area contributed by atoms with Gasteiger partial charge in [0.05, 0.1) is 12.2 Å². The minimum Gasteiger partial charge on any atom is -0.455 e. The van der Waals surface area contributed by atoms with E-state index in [1.165, 1.54) is 0 Å². The monoisotopic (exact) mass is 312 g/mol. The summed E-state index contributed by atoms with van der Waals surface area (Å²) in [7, 11) is 1.96. The van der Waals surface area contributed by atoms with Crippen LogP contribution in [0.1, 0.15) is 19.8 Å². The van der Waals surface area contributed by atoms with E-state index < -0.39 is 0 Å². The Morgan fingerprint density at radius 2 is 1.78 bits per heavy atom. The van der Waals surface area contributed by atoms with Gasteiger partial charge in [0.25, 0.3) is 0 Å². The molecule has 0 saturated carbocycles. The molecule has 0 heterocycles. The number of unbranched alkanes of at least 4 members (excludes halogenated alkanes) is 1. The fourth-order valence-corrected chi connectivity index (χ4v) is 2.22. The van der Waals surface area contributed by atoms with Crippen molar-refractivity contribution in [2.75, 3.05) is 25.5 Å². The zero-order valence-corrected chi connectivity index (χ0v) is 13.8. The lowest BCUT2D eigenvalue weighted by Crippen LogP contribution is -2.30. The summed E-state index contributed by atoms with van der Waals surface area (Å²) < 4.78 is 5.85. The predicted octanol–water partition coefficient (Wildman–Crippen LogP) is 4.15. The van der Waals surface area contributed by atoms with Gasteiger partial charge in [-0.1, -0.05) is 43.7 Å². The predicted molar refractivity (Wildman–Crippen MR) is 94.0 cm³/mol. The topological polar surface area (TPSA) is 41.6 Å². The maximum Gasteiger partial charge on any atom is 0.238 e. The molecule has 2 aromatic rings. The van der Waals surface area contributed by atoms with Crippen molar-refractivity contribution in [1.82, 2.24) is 4.90 Å². The van der Waals surface area contributed by atoms with Crippen molar-refractivity contribution in [2.45, 2.75) is 19.8 Å². The Labute approximate surface area is 138 Å². The first-order valence-corrected chi connectivity index (χ1v) is 7.99. The minimum absolute atomic E-state index is 0.0345. The smallest absolute Gasteiger partial charge is 0.238 e. The molecule has 4 nitrogen and oxygen atoms in total. The average Bonchev–Trinajstić information content (AvgIpc) is 2.55. The van der Waals surface area contributed by atoms with E-state index in [1.54, 1.807) is 0 Å². The number of carbonyl (C=O) groups is 1. The number of likely N-dealkylation sites (N-methyl/N-ethyl adjacent to an activating group) is 1. The first kappa shape index (κ1) is 17.0. The van der Waals surface area contributed by atoms with Gasteiger partial charge < -0.3 is 10.1 Å². The average molecular weight is 312 g/mol. The lowest BCUT2D eigenvalue weighted by Gasteiger charge is -2.17. The largest absolute Gasteiger partial charge is 0.455 e. The Bertz CT molecular complexity index is 614. The molecule has 0 aromatic heterocycles. The fourth-order valence-electron chi connectivity index (χ4n) is 2.22. The van der Waals surface area contributed by atoms with E-state index in [2.05, 4.69) is 12.2 Å². The highest BCUT2D eigenvalue weighted by atomic mass is 16.5. The number of para-hydroxylation sites is 3. The lowest BCUT2D eigenvalue weighted by atomic mass is 10.2. The number of rotatable bonds is 8. The fraction of sp³-hybridized carbons (Fsp3) is 0.316. The normalized spacial score (nSPS) is 10.6. The highest BCUT2D eigenvalue weighted by Gasteiger charge is 2.10. The van der Waals surface area contributed by atoms with Crippen LogP contribution in [0.15, 0.2) is 54.6 Å². The number of anilines is 1. The van der Waals surface area contributed by atoms with Gasteiger partial charge in [0.15, 0.2) is 5.75 Å². The summed E-state index contributed by atoms with van der Waals surface area (Å²) in [4.78, 5) is 14.2. The number of hydrogen-bond acceptors (Lipinski definition) is 3. The first-order valence-electron chi connectivity index (χ1n) is 7.99. The second-order valence-corrected chi connectivity index (χ2v) is 5.55. The van der Waals surface area contributed by atoms with Crippen LogP contribution in [-0.4, -0.2) is 30.9 Å². The van der Waals surface area contributed by atoms with Crippen LogP contribution in [0.5, 0.6) is 11.5 Å². The molecule has 0 atom stereocenters. The summed E-state index contributed by atoms with van der Waals surface area (Å²) in [6.07, 6.45) is 2.22. The zero-order chi connectivity index (χ0) is 16.5. The lowest BCUT2D eigenvalue weighted by molar-refractivity contribution is -0.117. The summed E-state index contributed by atoms with van der Waals surface area (Å²) in [5.74, 6) is 1.35. The SMILES string of the molecule is CCCCN(C)CC(=O)Nc1ccccc1Oc1ccccc1. The molecule has 23 heavy (non-hydrogen) atoms. The Morgan fingerprint density at radius 3 is 2.52 bits per heavy atom. The quantitative estimate of drug-likeness (QED) is 0.796. The first-order chi connectivity index (χ1) is 11.2. The zero-order valence-electron chi connectivity index (χ0n) is 13.8. The number of hydrogen-bond donors (Lipinski definition) is 1. The third-order valence-corrected chi connectivity index (χ3v) is 3.44. The Morgan fingerprint density at radius 1 is 1.09 bits per heavy atom. The van der Waals surface area contributed by atoms with Crippen LogP contribution >= 0.6 is 0 Å². The standard InChI is InChI=1S/C19H24N2O2/c1-3-4-14-21(2)15-19(22)20-17-12-8-9-13-18(17)23-16-10-6-5-7-11-16/h5-13H,3-4,14-15H2,1-2H3,(H,20,22). The van der Waals surface area contributed by atoms with E-state index in [1.807, 2.05) is 66.5 Å². The Kier molecular flexibility index (Phi) is 6.63. The van der Waals surface area contributed by atoms with Crippen molar-refractivity contribution >= 4 is 11.6 Å². The van der Waals surface area contributed by atoms with Gasteiger partial charge in [0.1, 0.15) is 5.75 Å². The molecule has 0 aliphatic heterocycles. The van der Waals surface area contributed by atoms with Crippen LogP contribution in [0, 0.1) is 0 Å².